The molecule has 0 unspecified atom stereocenters. The van der Waals surface area contributed by atoms with Gasteiger partial charge in [0.15, 0.2) is 0 Å². The van der Waals surface area contributed by atoms with Gasteiger partial charge in [0.1, 0.15) is 4.99 Å². The Kier molecular flexibility index (Phi) is 4.71. The Morgan fingerprint density at radius 3 is 2.79 bits per heavy atom. The van der Waals surface area contributed by atoms with Gasteiger partial charge in [-0.15, -0.1) is 0 Å². The molecule has 4 nitrogen and oxygen atoms in total. The van der Waals surface area contributed by atoms with E-state index < -0.39 is 0 Å². The van der Waals surface area contributed by atoms with Gasteiger partial charge in [-0.25, -0.2) is 0 Å². The number of nitrogens with zero attached hydrogens (tertiary/aromatic N) is 3. The van der Waals surface area contributed by atoms with Crippen LogP contribution in [0.25, 0.3) is 0 Å². The zero-order valence-corrected chi connectivity index (χ0v) is 12.5. The number of anilines is 1. The summed E-state index contributed by atoms with van der Waals surface area (Å²) in [5.74, 6) is 0. The van der Waals surface area contributed by atoms with Crippen molar-refractivity contribution in [3.63, 3.8) is 0 Å². The van der Waals surface area contributed by atoms with E-state index in [1.54, 1.807) is 6.20 Å². The molecule has 1 aliphatic rings. The van der Waals surface area contributed by atoms with Crippen molar-refractivity contribution < 1.29 is 0 Å². The maximum absolute atomic E-state index is 5.64. The zero-order valence-electron chi connectivity index (χ0n) is 11.7. The van der Waals surface area contributed by atoms with Gasteiger partial charge in [0.25, 0.3) is 0 Å². The van der Waals surface area contributed by atoms with Crippen LogP contribution in [0.3, 0.4) is 0 Å². The first-order chi connectivity index (χ1) is 9.11. The van der Waals surface area contributed by atoms with Crippen molar-refractivity contribution in [1.29, 1.82) is 0 Å². The molecule has 0 aromatic carbocycles. The second-order valence-electron chi connectivity index (χ2n) is 5.04. The van der Waals surface area contributed by atoms with Crippen molar-refractivity contribution in [2.45, 2.75) is 25.8 Å². The highest BCUT2D eigenvalue weighted by Gasteiger charge is 2.22. The fraction of sp³-hybridized carbons (Fsp3) is 0.571. The van der Waals surface area contributed by atoms with E-state index in [0.717, 1.165) is 12.2 Å². The van der Waals surface area contributed by atoms with Crippen molar-refractivity contribution in [3.05, 3.63) is 24.0 Å². The number of thiocarbonyl (C=S) groups is 1. The molecule has 2 N–H and O–H groups in total. The third-order valence-electron chi connectivity index (χ3n) is 3.96. The van der Waals surface area contributed by atoms with Crippen molar-refractivity contribution in [2.75, 3.05) is 31.6 Å². The van der Waals surface area contributed by atoms with Crippen LogP contribution in [0, 0.1) is 0 Å². The fourth-order valence-corrected chi connectivity index (χ4v) is 2.72. The Balaban J connectivity index is 2.05. The summed E-state index contributed by atoms with van der Waals surface area (Å²) in [6.45, 7) is 5.73. The number of likely N-dealkylation sites (tertiary alicyclic amines) is 1. The van der Waals surface area contributed by atoms with Crippen molar-refractivity contribution in [2.24, 2.45) is 5.73 Å². The molecule has 0 bridgehead atoms. The lowest BCUT2D eigenvalue weighted by molar-refractivity contribution is 0.221. The van der Waals surface area contributed by atoms with Gasteiger partial charge in [0, 0.05) is 38.1 Å². The Morgan fingerprint density at radius 1 is 1.53 bits per heavy atom. The monoisotopic (exact) mass is 278 g/mol. The van der Waals surface area contributed by atoms with Crippen LogP contribution >= 0.6 is 12.2 Å². The van der Waals surface area contributed by atoms with E-state index in [-0.39, 0.29) is 0 Å². The zero-order chi connectivity index (χ0) is 13.8. The summed E-state index contributed by atoms with van der Waals surface area (Å²) in [6.07, 6.45) is 4.19. The van der Waals surface area contributed by atoms with Gasteiger partial charge in [-0.1, -0.05) is 19.1 Å². The fourth-order valence-electron chi connectivity index (χ4n) is 2.61. The summed E-state index contributed by atoms with van der Waals surface area (Å²) >= 11 is 4.99. The Morgan fingerprint density at radius 2 is 2.21 bits per heavy atom. The molecule has 0 saturated carbocycles. The molecule has 5 heteroatoms. The number of pyridine rings is 1. The standard InChI is InChI=1S/C14H22N4S/c1-3-18-8-5-11(6-9-18)17(2)12-4-7-16-13(10-12)14(15)19/h4,7,10-11H,3,5-6,8-9H2,1-2H3,(H2,15,19). The van der Waals surface area contributed by atoms with E-state index in [2.05, 4.69) is 28.8 Å². The Hall–Kier alpha value is -1.20. The molecule has 1 aromatic rings. The molecule has 0 amide bonds. The van der Waals surface area contributed by atoms with Gasteiger partial charge in [-0.3, -0.25) is 4.98 Å². The van der Waals surface area contributed by atoms with Crippen LogP contribution in [-0.4, -0.2) is 47.6 Å². The number of piperidine rings is 1. The van der Waals surface area contributed by atoms with Crippen LogP contribution in [0.1, 0.15) is 25.5 Å². The van der Waals surface area contributed by atoms with Gasteiger partial charge in [-0.2, -0.15) is 0 Å². The average molecular weight is 278 g/mol. The molecule has 104 valence electrons. The number of aromatic nitrogens is 1. The second kappa shape index (κ2) is 6.30. The normalized spacial score (nSPS) is 17.4. The highest BCUT2D eigenvalue weighted by Crippen LogP contribution is 2.22. The summed E-state index contributed by atoms with van der Waals surface area (Å²) < 4.78 is 0. The van der Waals surface area contributed by atoms with E-state index >= 15 is 0 Å². The molecule has 2 heterocycles. The van der Waals surface area contributed by atoms with E-state index in [0.29, 0.717) is 16.7 Å². The molecule has 0 radical (unpaired) electrons. The number of rotatable bonds is 4. The largest absolute Gasteiger partial charge is 0.388 e. The van der Waals surface area contributed by atoms with Gasteiger partial charge >= 0.3 is 0 Å². The molecule has 1 saturated heterocycles. The van der Waals surface area contributed by atoms with Crippen molar-refractivity contribution >= 4 is 22.9 Å². The highest BCUT2D eigenvalue weighted by atomic mass is 32.1. The molecular formula is C14H22N4S. The quantitative estimate of drug-likeness (QED) is 0.848. The molecule has 2 rings (SSSR count). The van der Waals surface area contributed by atoms with Gasteiger partial charge in [0.05, 0.1) is 5.69 Å². The average Bonchev–Trinajstić information content (AvgIpc) is 2.46. The third-order valence-corrected chi connectivity index (χ3v) is 4.16. The summed E-state index contributed by atoms with van der Waals surface area (Å²) in [7, 11) is 2.14. The predicted molar refractivity (Wildman–Crippen MR) is 83.7 cm³/mol. The molecule has 0 spiro atoms. The van der Waals surface area contributed by atoms with Crippen LogP contribution in [0.2, 0.25) is 0 Å². The van der Waals surface area contributed by atoms with Gasteiger partial charge in [-0.05, 0) is 31.5 Å². The first-order valence-electron chi connectivity index (χ1n) is 6.83. The second-order valence-corrected chi connectivity index (χ2v) is 5.48. The summed E-state index contributed by atoms with van der Waals surface area (Å²) in [4.78, 5) is 9.38. The number of hydrogen-bond donors (Lipinski definition) is 1. The molecule has 1 aliphatic heterocycles. The van der Waals surface area contributed by atoms with Crippen LogP contribution in [0.5, 0.6) is 0 Å². The van der Waals surface area contributed by atoms with Crippen LogP contribution < -0.4 is 10.6 Å². The number of hydrogen-bond acceptors (Lipinski definition) is 4. The topological polar surface area (TPSA) is 45.4 Å². The first-order valence-corrected chi connectivity index (χ1v) is 7.23. The van der Waals surface area contributed by atoms with Crippen LogP contribution in [0.4, 0.5) is 5.69 Å². The lowest BCUT2D eigenvalue weighted by Gasteiger charge is -2.37. The summed E-state index contributed by atoms with van der Waals surface area (Å²) in [5, 5.41) is 0. The van der Waals surface area contributed by atoms with E-state index in [1.807, 2.05) is 12.1 Å². The smallest absolute Gasteiger partial charge is 0.122 e. The minimum atomic E-state index is 0.357. The lowest BCUT2D eigenvalue weighted by atomic mass is 10.0. The predicted octanol–water partition coefficient (Wildman–Crippen LogP) is 1.64. The minimum absolute atomic E-state index is 0.357. The van der Waals surface area contributed by atoms with Crippen LogP contribution in [0.15, 0.2) is 18.3 Å². The minimum Gasteiger partial charge on any atom is -0.388 e. The Bertz CT molecular complexity index is 441. The van der Waals surface area contributed by atoms with Crippen molar-refractivity contribution in [1.82, 2.24) is 9.88 Å². The molecule has 0 aliphatic carbocycles. The molecule has 1 aromatic heterocycles. The van der Waals surface area contributed by atoms with Crippen LogP contribution in [-0.2, 0) is 0 Å². The number of nitrogens with two attached hydrogens (primary N) is 1. The molecular weight excluding hydrogens is 256 g/mol. The summed E-state index contributed by atoms with van der Waals surface area (Å²) in [5.41, 5.74) is 7.49. The molecule has 19 heavy (non-hydrogen) atoms. The maximum atomic E-state index is 5.64. The van der Waals surface area contributed by atoms with E-state index in [9.17, 15) is 0 Å². The van der Waals surface area contributed by atoms with Gasteiger partial charge < -0.3 is 15.5 Å². The lowest BCUT2D eigenvalue weighted by Crippen LogP contribution is -2.43. The maximum Gasteiger partial charge on any atom is 0.122 e. The highest BCUT2D eigenvalue weighted by molar-refractivity contribution is 7.80. The molecule has 0 atom stereocenters. The van der Waals surface area contributed by atoms with E-state index in [1.165, 1.54) is 25.9 Å². The third kappa shape index (κ3) is 3.42. The van der Waals surface area contributed by atoms with Gasteiger partial charge in [0.2, 0.25) is 0 Å². The van der Waals surface area contributed by atoms with E-state index in [4.69, 9.17) is 18.0 Å². The first kappa shape index (κ1) is 14.2. The molecule has 1 fully saturated rings. The Labute approximate surface area is 120 Å². The summed E-state index contributed by atoms with van der Waals surface area (Å²) in [6, 6.07) is 4.59. The van der Waals surface area contributed by atoms with Crippen molar-refractivity contribution in [3.8, 4) is 0 Å². The SMILES string of the molecule is CCN1CCC(N(C)c2ccnc(C(N)=S)c2)CC1.